The van der Waals surface area contributed by atoms with Crippen molar-refractivity contribution in [2.45, 2.75) is 75.9 Å². The number of nitrogens with one attached hydrogen (secondary N) is 2. The number of rotatable bonds is 7. The number of benzene rings is 1. The number of carbonyl (C=O) groups is 1. The summed E-state index contributed by atoms with van der Waals surface area (Å²) in [6.45, 7) is 3.25. The van der Waals surface area contributed by atoms with Crippen LogP contribution in [0.3, 0.4) is 0 Å². The largest absolute Gasteiger partial charge is 0.481 e. The van der Waals surface area contributed by atoms with E-state index in [1.165, 1.54) is 31.2 Å². The standard InChI is InChI=1S/C21H32N2O2/c1-16(17-7-3-2-4-8-17)23-21(13-5-6-14-21)15-22-19-11-9-18(10-12-19)20(24)25/h2-4,7-8,16,18-19,22-23H,5-6,9-15H2,1H3,(H,24,25). The third-order valence-corrected chi connectivity index (χ3v) is 6.19. The van der Waals surface area contributed by atoms with Crippen LogP contribution in [0.5, 0.6) is 0 Å². The van der Waals surface area contributed by atoms with E-state index in [-0.39, 0.29) is 11.5 Å². The van der Waals surface area contributed by atoms with Crippen molar-refractivity contribution in [3.05, 3.63) is 35.9 Å². The summed E-state index contributed by atoms with van der Waals surface area (Å²) in [7, 11) is 0. The minimum Gasteiger partial charge on any atom is -0.481 e. The first-order valence-electron chi connectivity index (χ1n) is 9.87. The molecule has 0 radical (unpaired) electrons. The maximum Gasteiger partial charge on any atom is 0.306 e. The van der Waals surface area contributed by atoms with Crippen LogP contribution in [0.15, 0.2) is 30.3 Å². The molecule has 1 unspecified atom stereocenters. The zero-order valence-corrected chi connectivity index (χ0v) is 15.3. The summed E-state index contributed by atoms with van der Waals surface area (Å²) in [6, 6.07) is 11.5. The van der Waals surface area contributed by atoms with E-state index >= 15 is 0 Å². The lowest BCUT2D eigenvalue weighted by Gasteiger charge is -2.37. The number of carboxylic acid groups (broad SMARTS) is 1. The van der Waals surface area contributed by atoms with E-state index in [1.54, 1.807) is 0 Å². The van der Waals surface area contributed by atoms with Crippen molar-refractivity contribution in [2.75, 3.05) is 6.54 Å². The fourth-order valence-electron chi connectivity index (χ4n) is 4.59. The molecule has 2 fully saturated rings. The molecular weight excluding hydrogens is 312 g/mol. The van der Waals surface area contributed by atoms with Gasteiger partial charge in [-0.3, -0.25) is 4.79 Å². The van der Waals surface area contributed by atoms with Gasteiger partial charge < -0.3 is 15.7 Å². The molecule has 2 aliphatic carbocycles. The van der Waals surface area contributed by atoms with Crippen LogP contribution in [-0.4, -0.2) is 29.2 Å². The molecule has 2 aliphatic rings. The van der Waals surface area contributed by atoms with Crippen LogP contribution in [0, 0.1) is 5.92 Å². The van der Waals surface area contributed by atoms with Crippen molar-refractivity contribution in [3.63, 3.8) is 0 Å². The Balaban J connectivity index is 1.53. The Morgan fingerprint density at radius 3 is 2.40 bits per heavy atom. The molecule has 0 amide bonds. The molecule has 0 aromatic heterocycles. The maximum absolute atomic E-state index is 11.1. The number of carboxylic acids is 1. The Hall–Kier alpha value is -1.39. The third kappa shape index (κ3) is 4.83. The second-order valence-corrected chi connectivity index (χ2v) is 8.03. The van der Waals surface area contributed by atoms with Gasteiger partial charge in [0.1, 0.15) is 0 Å². The fourth-order valence-corrected chi connectivity index (χ4v) is 4.59. The topological polar surface area (TPSA) is 61.4 Å². The molecule has 4 heteroatoms. The molecule has 3 rings (SSSR count). The molecular formula is C21H32N2O2. The van der Waals surface area contributed by atoms with Crippen LogP contribution in [0.1, 0.15) is 69.9 Å². The minimum atomic E-state index is -0.621. The lowest BCUT2D eigenvalue weighted by Crippen LogP contribution is -2.53. The van der Waals surface area contributed by atoms with Gasteiger partial charge in [0.25, 0.3) is 0 Å². The number of aliphatic carboxylic acids is 1. The summed E-state index contributed by atoms with van der Waals surface area (Å²) in [5.74, 6) is -0.751. The van der Waals surface area contributed by atoms with Crippen molar-refractivity contribution >= 4 is 5.97 Å². The second kappa shape index (κ2) is 8.33. The van der Waals surface area contributed by atoms with E-state index in [4.69, 9.17) is 5.11 Å². The Morgan fingerprint density at radius 1 is 1.16 bits per heavy atom. The van der Waals surface area contributed by atoms with E-state index in [0.29, 0.717) is 12.1 Å². The Labute approximate surface area is 151 Å². The molecule has 1 atom stereocenters. The highest BCUT2D eigenvalue weighted by atomic mass is 16.4. The second-order valence-electron chi connectivity index (χ2n) is 8.03. The van der Waals surface area contributed by atoms with Gasteiger partial charge in [-0.05, 0) is 51.0 Å². The summed E-state index contributed by atoms with van der Waals surface area (Å²) in [4.78, 5) is 11.1. The van der Waals surface area contributed by atoms with Gasteiger partial charge in [-0.15, -0.1) is 0 Å². The first-order chi connectivity index (χ1) is 12.1. The van der Waals surface area contributed by atoms with Crippen LogP contribution in [0.2, 0.25) is 0 Å². The summed E-state index contributed by atoms with van der Waals surface area (Å²) in [5, 5.41) is 16.8. The van der Waals surface area contributed by atoms with Crippen LogP contribution >= 0.6 is 0 Å². The molecule has 0 aliphatic heterocycles. The monoisotopic (exact) mass is 344 g/mol. The lowest BCUT2D eigenvalue weighted by molar-refractivity contribution is -0.142. The van der Waals surface area contributed by atoms with Gasteiger partial charge >= 0.3 is 5.97 Å². The van der Waals surface area contributed by atoms with E-state index < -0.39 is 5.97 Å². The van der Waals surface area contributed by atoms with E-state index in [1.807, 2.05) is 0 Å². The van der Waals surface area contributed by atoms with E-state index in [9.17, 15) is 4.79 Å². The van der Waals surface area contributed by atoms with Gasteiger partial charge in [0.05, 0.1) is 5.92 Å². The highest BCUT2D eigenvalue weighted by molar-refractivity contribution is 5.70. The summed E-state index contributed by atoms with van der Waals surface area (Å²) in [5.41, 5.74) is 1.52. The predicted molar refractivity (Wildman–Crippen MR) is 101 cm³/mol. The molecule has 0 saturated heterocycles. The first kappa shape index (κ1) is 18.4. The molecule has 0 heterocycles. The molecule has 2 saturated carbocycles. The van der Waals surface area contributed by atoms with Gasteiger partial charge in [-0.2, -0.15) is 0 Å². The van der Waals surface area contributed by atoms with Crippen molar-refractivity contribution in [2.24, 2.45) is 5.92 Å². The summed E-state index contributed by atoms with van der Waals surface area (Å²) < 4.78 is 0. The average Bonchev–Trinajstić information content (AvgIpc) is 3.10. The van der Waals surface area contributed by atoms with Crippen LogP contribution in [0.25, 0.3) is 0 Å². The first-order valence-corrected chi connectivity index (χ1v) is 9.87. The quantitative estimate of drug-likeness (QED) is 0.702. The minimum absolute atomic E-state index is 0.130. The maximum atomic E-state index is 11.1. The van der Waals surface area contributed by atoms with Crippen LogP contribution < -0.4 is 10.6 Å². The van der Waals surface area contributed by atoms with Crippen molar-refractivity contribution in [3.8, 4) is 0 Å². The smallest absolute Gasteiger partial charge is 0.306 e. The zero-order valence-electron chi connectivity index (χ0n) is 15.3. The van der Waals surface area contributed by atoms with Crippen molar-refractivity contribution < 1.29 is 9.90 Å². The van der Waals surface area contributed by atoms with Crippen LogP contribution in [0.4, 0.5) is 0 Å². The molecule has 25 heavy (non-hydrogen) atoms. The normalized spacial score (nSPS) is 27.1. The molecule has 4 nitrogen and oxygen atoms in total. The molecule has 138 valence electrons. The molecule has 1 aromatic rings. The third-order valence-electron chi connectivity index (χ3n) is 6.19. The Bertz CT molecular complexity index is 546. The van der Waals surface area contributed by atoms with E-state index in [2.05, 4.69) is 47.9 Å². The average molecular weight is 344 g/mol. The van der Waals surface area contributed by atoms with E-state index in [0.717, 1.165) is 32.2 Å². The van der Waals surface area contributed by atoms with Gasteiger partial charge in [0, 0.05) is 24.2 Å². The zero-order chi connectivity index (χ0) is 17.7. The van der Waals surface area contributed by atoms with Gasteiger partial charge in [-0.25, -0.2) is 0 Å². The van der Waals surface area contributed by atoms with Crippen molar-refractivity contribution in [1.29, 1.82) is 0 Å². The Morgan fingerprint density at radius 2 is 1.80 bits per heavy atom. The van der Waals surface area contributed by atoms with Gasteiger partial charge in [0.15, 0.2) is 0 Å². The highest BCUT2D eigenvalue weighted by Crippen LogP contribution is 2.33. The highest BCUT2D eigenvalue weighted by Gasteiger charge is 2.36. The van der Waals surface area contributed by atoms with Crippen LogP contribution in [-0.2, 0) is 4.79 Å². The molecule has 1 aromatic carbocycles. The SMILES string of the molecule is CC(NC1(CNC2CCC(C(=O)O)CC2)CCCC1)c1ccccc1. The van der Waals surface area contributed by atoms with Gasteiger partial charge in [-0.1, -0.05) is 43.2 Å². The van der Waals surface area contributed by atoms with Gasteiger partial charge in [0.2, 0.25) is 0 Å². The fraction of sp³-hybridized carbons (Fsp3) is 0.667. The molecule has 3 N–H and O–H groups in total. The summed E-state index contributed by atoms with van der Waals surface area (Å²) in [6.07, 6.45) is 8.64. The number of hydrogen-bond acceptors (Lipinski definition) is 3. The van der Waals surface area contributed by atoms with Crippen molar-refractivity contribution in [1.82, 2.24) is 10.6 Å². The lowest BCUT2D eigenvalue weighted by atomic mass is 9.85. The molecule has 0 bridgehead atoms. The summed E-state index contributed by atoms with van der Waals surface area (Å²) >= 11 is 0. The predicted octanol–water partition coefficient (Wildman–Crippen LogP) is 3.88. The number of hydrogen-bond donors (Lipinski definition) is 3. The molecule has 0 spiro atoms. The Kier molecular flexibility index (Phi) is 6.13.